The molecule has 4 rings (SSSR count). The Morgan fingerprint density at radius 2 is 1.69 bits per heavy atom. The van der Waals surface area contributed by atoms with Crippen molar-refractivity contribution in [2.24, 2.45) is 0 Å². The quantitative estimate of drug-likeness (QED) is 0.620. The van der Waals surface area contributed by atoms with Gasteiger partial charge in [-0.3, -0.25) is 9.59 Å². The first-order valence-corrected chi connectivity index (χ1v) is 8.21. The molecule has 0 spiro atoms. The van der Waals surface area contributed by atoms with Gasteiger partial charge < -0.3 is 9.88 Å². The molecule has 128 valence electrons. The van der Waals surface area contributed by atoms with Crippen LogP contribution in [0.5, 0.6) is 0 Å². The number of aromatic amines is 1. The highest BCUT2D eigenvalue weighted by atomic mass is 16.2. The second-order valence-corrected chi connectivity index (χ2v) is 6.08. The molecule has 0 fully saturated rings. The number of nitrogens with one attached hydrogen (secondary N) is 1. The van der Waals surface area contributed by atoms with Gasteiger partial charge in [0, 0.05) is 12.4 Å². The number of aromatic nitrogens is 3. The van der Waals surface area contributed by atoms with Crippen molar-refractivity contribution < 1.29 is 4.79 Å². The summed E-state index contributed by atoms with van der Waals surface area (Å²) in [5, 5.41) is 1.51. The fraction of sp³-hybridized carbons (Fsp3) is 0.100. The van der Waals surface area contributed by atoms with E-state index in [4.69, 9.17) is 0 Å². The van der Waals surface area contributed by atoms with Crippen LogP contribution < -0.4 is 5.56 Å². The van der Waals surface area contributed by atoms with E-state index < -0.39 is 0 Å². The summed E-state index contributed by atoms with van der Waals surface area (Å²) in [6.45, 7) is 0.188. The lowest BCUT2D eigenvalue weighted by Gasteiger charge is -2.16. The number of carbonyl (C=O) groups is 1. The third-order valence-electron chi connectivity index (χ3n) is 4.21. The molecule has 4 aromatic rings. The van der Waals surface area contributed by atoms with Crippen LogP contribution in [0, 0.1) is 0 Å². The van der Waals surface area contributed by atoms with Gasteiger partial charge in [0.1, 0.15) is 11.5 Å². The standard InChI is InChI=1S/C20H16N4O2/c1-24(12-18-22-16-9-5-3-7-14(16)19(25)23-18)20(26)17-11-10-13-6-2-4-8-15(13)21-17/h2-11H,12H2,1H3,(H,22,23,25). The Hall–Kier alpha value is -3.54. The minimum atomic E-state index is -0.230. The van der Waals surface area contributed by atoms with Gasteiger partial charge in [-0.1, -0.05) is 36.4 Å². The van der Waals surface area contributed by atoms with Crippen LogP contribution in [-0.4, -0.2) is 32.8 Å². The predicted molar refractivity (Wildman–Crippen MR) is 99.9 cm³/mol. The van der Waals surface area contributed by atoms with Crippen LogP contribution in [0.3, 0.4) is 0 Å². The van der Waals surface area contributed by atoms with Gasteiger partial charge in [0.05, 0.1) is 23.0 Å². The first-order valence-electron chi connectivity index (χ1n) is 8.21. The number of para-hydroxylation sites is 2. The highest BCUT2D eigenvalue weighted by Crippen LogP contribution is 2.13. The van der Waals surface area contributed by atoms with Gasteiger partial charge in [-0.2, -0.15) is 0 Å². The number of pyridine rings is 1. The summed E-state index contributed by atoms with van der Waals surface area (Å²) < 4.78 is 0. The summed E-state index contributed by atoms with van der Waals surface area (Å²) in [6.07, 6.45) is 0. The minimum Gasteiger partial charge on any atom is -0.333 e. The summed E-state index contributed by atoms with van der Waals surface area (Å²) in [7, 11) is 1.66. The van der Waals surface area contributed by atoms with Crippen molar-refractivity contribution in [2.75, 3.05) is 7.05 Å². The molecule has 0 aliphatic carbocycles. The maximum atomic E-state index is 12.7. The zero-order chi connectivity index (χ0) is 18.1. The minimum absolute atomic E-state index is 0.188. The molecule has 0 radical (unpaired) electrons. The molecule has 2 aromatic carbocycles. The Morgan fingerprint density at radius 1 is 0.962 bits per heavy atom. The lowest BCUT2D eigenvalue weighted by Crippen LogP contribution is -2.29. The Labute approximate surface area is 149 Å². The molecule has 1 N–H and O–H groups in total. The summed E-state index contributed by atoms with van der Waals surface area (Å²) in [4.78, 5) is 37.9. The number of amides is 1. The molecular weight excluding hydrogens is 328 g/mol. The predicted octanol–water partition coefficient (Wildman–Crippen LogP) is 2.74. The third-order valence-corrected chi connectivity index (χ3v) is 4.21. The smallest absolute Gasteiger partial charge is 0.272 e. The first-order chi connectivity index (χ1) is 12.6. The van der Waals surface area contributed by atoms with Crippen molar-refractivity contribution >= 4 is 27.7 Å². The van der Waals surface area contributed by atoms with E-state index in [1.165, 1.54) is 4.90 Å². The average Bonchev–Trinajstić information content (AvgIpc) is 2.67. The Bertz CT molecular complexity index is 1180. The van der Waals surface area contributed by atoms with Crippen LogP contribution in [0.25, 0.3) is 21.8 Å². The first kappa shape index (κ1) is 16.0. The molecule has 0 atom stereocenters. The number of rotatable bonds is 3. The molecule has 0 bridgehead atoms. The van der Waals surface area contributed by atoms with E-state index in [1.54, 1.807) is 31.3 Å². The van der Waals surface area contributed by atoms with Crippen molar-refractivity contribution in [1.29, 1.82) is 0 Å². The van der Waals surface area contributed by atoms with E-state index in [9.17, 15) is 9.59 Å². The normalized spacial score (nSPS) is 11.0. The maximum absolute atomic E-state index is 12.7. The van der Waals surface area contributed by atoms with Crippen molar-refractivity contribution in [3.63, 3.8) is 0 Å². The van der Waals surface area contributed by atoms with Gasteiger partial charge in [-0.25, -0.2) is 9.97 Å². The molecule has 2 aromatic heterocycles. The van der Waals surface area contributed by atoms with E-state index in [-0.39, 0.29) is 18.0 Å². The van der Waals surface area contributed by atoms with E-state index in [0.29, 0.717) is 22.4 Å². The van der Waals surface area contributed by atoms with Crippen LogP contribution in [0.4, 0.5) is 0 Å². The van der Waals surface area contributed by atoms with Crippen LogP contribution in [-0.2, 0) is 6.54 Å². The average molecular weight is 344 g/mol. The molecular formula is C20H16N4O2. The number of H-pyrrole nitrogens is 1. The molecule has 0 saturated carbocycles. The van der Waals surface area contributed by atoms with Gasteiger partial charge in [-0.15, -0.1) is 0 Å². The molecule has 1 amide bonds. The second-order valence-electron chi connectivity index (χ2n) is 6.08. The Morgan fingerprint density at radius 3 is 2.54 bits per heavy atom. The van der Waals surface area contributed by atoms with Gasteiger partial charge in [0.25, 0.3) is 11.5 Å². The van der Waals surface area contributed by atoms with Crippen LogP contribution in [0.1, 0.15) is 16.3 Å². The van der Waals surface area contributed by atoms with Gasteiger partial charge in [0.2, 0.25) is 0 Å². The molecule has 6 heteroatoms. The van der Waals surface area contributed by atoms with Crippen LogP contribution in [0.15, 0.2) is 65.5 Å². The molecule has 0 aliphatic rings. The number of hydrogen-bond donors (Lipinski definition) is 1. The summed E-state index contributed by atoms with van der Waals surface area (Å²) in [6, 6.07) is 18.3. The van der Waals surface area contributed by atoms with E-state index in [1.807, 2.05) is 36.4 Å². The molecule has 0 aliphatic heterocycles. The van der Waals surface area contributed by atoms with Crippen molar-refractivity contribution in [3.8, 4) is 0 Å². The molecule has 0 unspecified atom stereocenters. The highest BCUT2D eigenvalue weighted by Gasteiger charge is 2.15. The summed E-state index contributed by atoms with van der Waals surface area (Å²) in [5.41, 5.74) is 1.52. The number of benzene rings is 2. The number of fused-ring (bicyclic) bond motifs is 2. The Balaban J connectivity index is 1.61. The highest BCUT2D eigenvalue weighted by molar-refractivity contribution is 5.94. The van der Waals surface area contributed by atoms with E-state index >= 15 is 0 Å². The molecule has 2 heterocycles. The van der Waals surface area contributed by atoms with Gasteiger partial charge >= 0.3 is 0 Å². The SMILES string of the molecule is CN(Cc1nc2ccccc2c(=O)[nH]1)C(=O)c1ccc2ccccc2n1. The fourth-order valence-corrected chi connectivity index (χ4v) is 2.89. The zero-order valence-electron chi connectivity index (χ0n) is 14.1. The second kappa shape index (κ2) is 6.40. The monoisotopic (exact) mass is 344 g/mol. The van der Waals surface area contributed by atoms with E-state index in [0.717, 1.165) is 10.9 Å². The van der Waals surface area contributed by atoms with Crippen molar-refractivity contribution in [1.82, 2.24) is 19.9 Å². The van der Waals surface area contributed by atoms with Crippen LogP contribution >= 0.6 is 0 Å². The fourth-order valence-electron chi connectivity index (χ4n) is 2.89. The van der Waals surface area contributed by atoms with E-state index in [2.05, 4.69) is 15.0 Å². The number of hydrogen-bond acceptors (Lipinski definition) is 4. The van der Waals surface area contributed by atoms with Crippen molar-refractivity contribution in [2.45, 2.75) is 6.54 Å². The van der Waals surface area contributed by atoms with Crippen LogP contribution in [0.2, 0.25) is 0 Å². The maximum Gasteiger partial charge on any atom is 0.272 e. The zero-order valence-corrected chi connectivity index (χ0v) is 14.1. The largest absolute Gasteiger partial charge is 0.333 e. The van der Waals surface area contributed by atoms with Crippen molar-refractivity contribution in [3.05, 3.63) is 82.5 Å². The van der Waals surface area contributed by atoms with Gasteiger partial charge in [0.15, 0.2) is 0 Å². The number of carbonyl (C=O) groups excluding carboxylic acids is 1. The Kier molecular flexibility index (Phi) is 3.93. The lowest BCUT2D eigenvalue weighted by molar-refractivity contribution is 0.0776. The topological polar surface area (TPSA) is 79.0 Å². The molecule has 0 saturated heterocycles. The molecule has 26 heavy (non-hydrogen) atoms. The number of nitrogens with zero attached hydrogens (tertiary/aromatic N) is 3. The lowest BCUT2D eigenvalue weighted by atomic mass is 10.2. The van der Waals surface area contributed by atoms with Gasteiger partial charge in [-0.05, 0) is 24.3 Å². The summed E-state index contributed by atoms with van der Waals surface area (Å²) in [5.74, 6) is 0.205. The molecule has 6 nitrogen and oxygen atoms in total. The third kappa shape index (κ3) is 2.93. The summed E-state index contributed by atoms with van der Waals surface area (Å²) >= 11 is 0.